The maximum Gasteiger partial charge on any atom is 0.242 e. The quantitative estimate of drug-likeness (QED) is 0.200. The van der Waals surface area contributed by atoms with E-state index in [1.807, 2.05) is 6.92 Å². The van der Waals surface area contributed by atoms with Crippen LogP contribution in [-0.2, 0) is 16.4 Å². The summed E-state index contributed by atoms with van der Waals surface area (Å²) in [4.78, 5) is 8.45. The summed E-state index contributed by atoms with van der Waals surface area (Å²) in [6, 6.07) is 11.7. The molecule has 1 aromatic heterocycles. The summed E-state index contributed by atoms with van der Waals surface area (Å²) >= 11 is 0. The van der Waals surface area contributed by atoms with Gasteiger partial charge in [0, 0.05) is 25.5 Å². The summed E-state index contributed by atoms with van der Waals surface area (Å²) < 4.78 is 26.9. The Morgan fingerprint density at radius 3 is 2.48 bits per heavy atom. The Hall–Kier alpha value is -1.72. The number of nitrogens with one attached hydrogen (secondary N) is 3. The van der Waals surface area contributed by atoms with Gasteiger partial charge in [-0.25, -0.2) is 13.1 Å². The van der Waals surface area contributed by atoms with Crippen LogP contribution >= 0.6 is 24.0 Å². The minimum Gasteiger partial charge on any atom is -0.357 e. The van der Waals surface area contributed by atoms with Gasteiger partial charge in [0.05, 0.1) is 12.6 Å². The molecule has 0 radical (unpaired) electrons. The molecular weight excluding hydrogens is 501 g/mol. The Kier molecular flexibility index (Phi) is 11.1. The number of hydrogen-bond donors (Lipinski definition) is 3. The number of aromatic nitrogens is 1. The third-order valence-electron chi connectivity index (χ3n) is 4.20. The van der Waals surface area contributed by atoms with Crippen LogP contribution < -0.4 is 15.4 Å². The maximum absolute atomic E-state index is 12.2. The van der Waals surface area contributed by atoms with Gasteiger partial charge in [-0.1, -0.05) is 31.2 Å². The summed E-state index contributed by atoms with van der Waals surface area (Å²) in [5.74, 6) is 0.648. The Balaban J connectivity index is 0.00000420. The zero-order valence-electron chi connectivity index (χ0n) is 17.1. The van der Waals surface area contributed by atoms with Crippen LogP contribution in [0.2, 0.25) is 0 Å². The number of aliphatic imine (C=N–C) groups is 1. The fourth-order valence-electron chi connectivity index (χ4n) is 2.59. The molecule has 2 aromatic rings. The van der Waals surface area contributed by atoms with Gasteiger partial charge in [-0.15, -0.1) is 24.0 Å². The predicted molar refractivity (Wildman–Crippen MR) is 128 cm³/mol. The molecule has 29 heavy (non-hydrogen) atoms. The van der Waals surface area contributed by atoms with E-state index in [0.29, 0.717) is 12.5 Å². The number of halogens is 1. The first kappa shape index (κ1) is 25.3. The molecule has 0 aliphatic carbocycles. The lowest BCUT2D eigenvalue weighted by atomic mass is 10.1. The van der Waals surface area contributed by atoms with Crippen LogP contribution in [0.3, 0.4) is 0 Å². The molecule has 0 fully saturated rings. The van der Waals surface area contributed by atoms with Crippen LogP contribution in [0.15, 0.2) is 58.7 Å². The molecule has 0 saturated carbocycles. The fraction of sp³-hybridized carbons (Fsp3) is 0.400. The Bertz CT molecular complexity index is 858. The van der Waals surface area contributed by atoms with Gasteiger partial charge >= 0.3 is 0 Å². The van der Waals surface area contributed by atoms with Crippen molar-refractivity contribution in [2.45, 2.75) is 38.1 Å². The average Bonchev–Trinajstić information content (AvgIpc) is 2.72. The van der Waals surface area contributed by atoms with Gasteiger partial charge in [0.1, 0.15) is 4.90 Å². The Labute approximate surface area is 190 Å². The van der Waals surface area contributed by atoms with Crippen molar-refractivity contribution >= 4 is 40.0 Å². The number of nitrogens with zero attached hydrogens (tertiary/aromatic N) is 2. The zero-order chi connectivity index (χ0) is 20.4. The number of benzene rings is 1. The minimum atomic E-state index is -3.57. The van der Waals surface area contributed by atoms with Crippen molar-refractivity contribution in [2.24, 2.45) is 4.99 Å². The molecular formula is C20H30IN5O2S. The minimum absolute atomic E-state index is 0. The van der Waals surface area contributed by atoms with Crippen molar-refractivity contribution in [3.8, 4) is 0 Å². The van der Waals surface area contributed by atoms with Gasteiger partial charge < -0.3 is 10.6 Å². The first-order valence-electron chi connectivity index (χ1n) is 9.49. The van der Waals surface area contributed by atoms with E-state index in [2.05, 4.69) is 63.4 Å². The summed E-state index contributed by atoms with van der Waals surface area (Å²) in [6.45, 7) is 7.43. The number of pyridine rings is 1. The van der Waals surface area contributed by atoms with E-state index < -0.39 is 10.0 Å². The number of guanidine groups is 1. The van der Waals surface area contributed by atoms with Gasteiger partial charge in [0.15, 0.2) is 5.96 Å². The molecule has 1 atom stereocenters. The molecule has 7 nitrogen and oxygen atoms in total. The molecule has 0 aliphatic rings. The lowest BCUT2D eigenvalue weighted by molar-refractivity contribution is 0.581. The number of sulfonamides is 1. The van der Waals surface area contributed by atoms with Crippen molar-refractivity contribution in [3.63, 3.8) is 0 Å². The highest BCUT2D eigenvalue weighted by atomic mass is 127. The van der Waals surface area contributed by atoms with E-state index >= 15 is 0 Å². The maximum atomic E-state index is 12.2. The molecule has 0 spiro atoms. The molecule has 1 heterocycles. The van der Waals surface area contributed by atoms with Crippen molar-refractivity contribution in [2.75, 3.05) is 19.6 Å². The van der Waals surface area contributed by atoms with Crippen LogP contribution in [0.5, 0.6) is 0 Å². The second-order valence-corrected chi connectivity index (χ2v) is 8.08. The summed E-state index contributed by atoms with van der Waals surface area (Å²) in [7, 11) is -3.57. The lowest BCUT2D eigenvalue weighted by Crippen LogP contribution is -2.39. The average molecular weight is 531 g/mol. The van der Waals surface area contributed by atoms with Gasteiger partial charge in [0.2, 0.25) is 10.0 Å². The Morgan fingerprint density at radius 2 is 1.90 bits per heavy atom. The standard InChI is InChI=1S/C20H29N5O2S.HI/c1-4-17-8-10-18(11-9-17)16(3)25-20(22-5-2)23-13-14-24-28(26,27)19-7-6-12-21-15-19;/h6-12,15-16,24H,4-5,13-14H2,1-3H3,(H2,22,23,25);1H. The lowest BCUT2D eigenvalue weighted by Gasteiger charge is -2.18. The molecule has 1 aromatic carbocycles. The van der Waals surface area contributed by atoms with E-state index in [4.69, 9.17) is 0 Å². The van der Waals surface area contributed by atoms with Crippen LogP contribution in [0, 0.1) is 0 Å². The largest absolute Gasteiger partial charge is 0.357 e. The van der Waals surface area contributed by atoms with Gasteiger partial charge in [-0.2, -0.15) is 0 Å². The Morgan fingerprint density at radius 1 is 1.17 bits per heavy atom. The van der Waals surface area contributed by atoms with Crippen LogP contribution in [0.1, 0.15) is 37.9 Å². The van der Waals surface area contributed by atoms with Crippen molar-refractivity contribution in [1.82, 2.24) is 20.3 Å². The van der Waals surface area contributed by atoms with E-state index in [-0.39, 0.29) is 41.5 Å². The van der Waals surface area contributed by atoms with Crippen LogP contribution in [0.4, 0.5) is 0 Å². The summed E-state index contributed by atoms with van der Waals surface area (Å²) in [5.41, 5.74) is 2.47. The molecule has 9 heteroatoms. The number of aryl methyl sites for hydroxylation is 1. The highest BCUT2D eigenvalue weighted by Gasteiger charge is 2.13. The smallest absolute Gasteiger partial charge is 0.242 e. The van der Waals surface area contributed by atoms with Crippen molar-refractivity contribution < 1.29 is 8.42 Å². The zero-order valence-corrected chi connectivity index (χ0v) is 20.2. The molecule has 3 N–H and O–H groups in total. The molecule has 0 saturated heterocycles. The second kappa shape index (κ2) is 12.8. The van der Waals surface area contributed by atoms with E-state index in [0.717, 1.165) is 13.0 Å². The molecule has 2 rings (SSSR count). The summed E-state index contributed by atoms with van der Waals surface area (Å²) in [6.07, 6.45) is 3.87. The van der Waals surface area contributed by atoms with E-state index in [9.17, 15) is 8.42 Å². The second-order valence-electron chi connectivity index (χ2n) is 6.31. The topological polar surface area (TPSA) is 95.5 Å². The first-order chi connectivity index (χ1) is 13.5. The fourth-order valence-corrected chi connectivity index (χ4v) is 3.57. The molecule has 0 bridgehead atoms. The normalized spacial score (nSPS) is 12.7. The van der Waals surface area contributed by atoms with Crippen molar-refractivity contribution in [3.05, 3.63) is 59.9 Å². The van der Waals surface area contributed by atoms with Gasteiger partial charge in [0.25, 0.3) is 0 Å². The molecule has 0 amide bonds. The molecule has 160 valence electrons. The number of hydrogen-bond acceptors (Lipinski definition) is 4. The highest BCUT2D eigenvalue weighted by Crippen LogP contribution is 2.13. The predicted octanol–water partition coefficient (Wildman–Crippen LogP) is 2.86. The SMILES string of the molecule is CCNC(=NCCNS(=O)(=O)c1cccnc1)NC(C)c1ccc(CC)cc1.I. The molecule has 0 aliphatic heterocycles. The third kappa shape index (κ3) is 8.27. The monoisotopic (exact) mass is 531 g/mol. The summed E-state index contributed by atoms with van der Waals surface area (Å²) in [5, 5.41) is 6.54. The number of rotatable bonds is 9. The van der Waals surface area contributed by atoms with E-state index in [1.54, 1.807) is 6.07 Å². The first-order valence-corrected chi connectivity index (χ1v) is 11.0. The third-order valence-corrected chi connectivity index (χ3v) is 5.65. The molecule has 1 unspecified atom stereocenters. The van der Waals surface area contributed by atoms with Crippen molar-refractivity contribution in [1.29, 1.82) is 0 Å². The van der Waals surface area contributed by atoms with Gasteiger partial charge in [-0.05, 0) is 43.5 Å². The van der Waals surface area contributed by atoms with Crippen LogP contribution in [0.25, 0.3) is 0 Å². The van der Waals surface area contributed by atoms with Crippen LogP contribution in [-0.4, -0.2) is 39.0 Å². The highest BCUT2D eigenvalue weighted by molar-refractivity contribution is 14.0. The van der Waals surface area contributed by atoms with Gasteiger partial charge in [-0.3, -0.25) is 9.98 Å². The van der Waals surface area contributed by atoms with E-state index in [1.165, 1.54) is 29.6 Å².